The number of hydrogen-bond acceptors (Lipinski definition) is 4. The van der Waals surface area contributed by atoms with Crippen molar-refractivity contribution < 1.29 is 9.21 Å². The fourth-order valence-corrected chi connectivity index (χ4v) is 3.10. The molecule has 1 amide bonds. The summed E-state index contributed by atoms with van der Waals surface area (Å²) in [7, 11) is 2.06. The van der Waals surface area contributed by atoms with Crippen molar-refractivity contribution in [3.63, 3.8) is 0 Å². The van der Waals surface area contributed by atoms with Crippen molar-refractivity contribution >= 4 is 11.6 Å². The summed E-state index contributed by atoms with van der Waals surface area (Å²) >= 11 is 0. The van der Waals surface area contributed by atoms with Crippen LogP contribution in [0.15, 0.2) is 83.5 Å². The number of anilines is 1. The second kappa shape index (κ2) is 10.3. The third kappa shape index (κ3) is 5.72. The highest BCUT2D eigenvalue weighted by Crippen LogP contribution is 2.21. The lowest BCUT2D eigenvalue weighted by atomic mass is 10.0. The van der Waals surface area contributed by atoms with Crippen LogP contribution in [0.25, 0.3) is 0 Å². The molecule has 0 aliphatic rings. The number of nitrogens with zero attached hydrogens (tertiary/aromatic N) is 1. The van der Waals surface area contributed by atoms with Gasteiger partial charge >= 0.3 is 0 Å². The van der Waals surface area contributed by atoms with E-state index in [0.29, 0.717) is 6.54 Å². The summed E-state index contributed by atoms with van der Waals surface area (Å²) in [6.45, 7) is 1.76. The number of amides is 1. The van der Waals surface area contributed by atoms with E-state index in [1.807, 2.05) is 60.7 Å². The lowest BCUT2D eigenvalue weighted by Gasteiger charge is -2.19. The van der Waals surface area contributed by atoms with E-state index in [1.165, 1.54) is 5.69 Å². The fourth-order valence-electron chi connectivity index (χ4n) is 3.10. The van der Waals surface area contributed by atoms with Crippen LogP contribution in [0.5, 0.6) is 0 Å². The average molecular weight is 377 g/mol. The molecule has 0 bridgehead atoms. The normalized spacial score (nSPS) is 11.8. The maximum absolute atomic E-state index is 12.2. The van der Waals surface area contributed by atoms with E-state index in [0.717, 1.165) is 24.3 Å². The van der Waals surface area contributed by atoms with Gasteiger partial charge in [-0.1, -0.05) is 48.5 Å². The SMILES string of the molecule is CN(CCCNC(=O)CN[C@H](c1ccccc1)c1ccco1)c1ccccc1. The third-order valence-corrected chi connectivity index (χ3v) is 4.62. The first-order valence-electron chi connectivity index (χ1n) is 9.58. The van der Waals surface area contributed by atoms with Crippen molar-refractivity contribution in [2.75, 3.05) is 31.6 Å². The van der Waals surface area contributed by atoms with Crippen LogP contribution in [0.2, 0.25) is 0 Å². The second-order valence-electron chi connectivity index (χ2n) is 6.70. The molecule has 28 heavy (non-hydrogen) atoms. The summed E-state index contributed by atoms with van der Waals surface area (Å²) in [5.74, 6) is 0.776. The number of furan rings is 1. The molecule has 1 heterocycles. The first-order valence-corrected chi connectivity index (χ1v) is 9.58. The Balaban J connectivity index is 1.43. The summed E-state index contributed by atoms with van der Waals surface area (Å²) < 4.78 is 5.55. The Kier molecular flexibility index (Phi) is 7.27. The fraction of sp³-hybridized carbons (Fsp3) is 0.261. The van der Waals surface area contributed by atoms with Gasteiger partial charge in [0, 0.05) is 25.8 Å². The van der Waals surface area contributed by atoms with Gasteiger partial charge in [-0.2, -0.15) is 0 Å². The van der Waals surface area contributed by atoms with Crippen LogP contribution in [0, 0.1) is 0 Å². The molecule has 1 atom stereocenters. The second-order valence-corrected chi connectivity index (χ2v) is 6.70. The Hall–Kier alpha value is -3.05. The maximum atomic E-state index is 12.2. The van der Waals surface area contributed by atoms with Crippen molar-refractivity contribution in [2.24, 2.45) is 0 Å². The lowest BCUT2D eigenvalue weighted by Crippen LogP contribution is -2.37. The number of hydrogen-bond donors (Lipinski definition) is 2. The first kappa shape index (κ1) is 19.7. The summed E-state index contributed by atoms with van der Waals surface area (Å²) in [6.07, 6.45) is 2.54. The number of nitrogens with one attached hydrogen (secondary N) is 2. The monoisotopic (exact) mass is 377 g/mol. The van der Waals surface area contributed by atoms with E-state index in [9.17, 15) is 4.79 Å². The zero-order valence-electron chi connectivity index (χ0n) is 16.2. The summed E-state index contributed by atoms with van der Waals surface area (Å²) in [5, 5.41) is 6.28. The molecule has 0 unspecified atom stereocenters. The van der Waals surface area contributed by atoms with E-state index in [1.54, 1.807) is 6.26 Å². The van der Waals surface area contributed by atoms with E-state index in [-0.39, 0.29) is 18.5 Å². The van der Waals surface area contributed by atoms with Crippen LogP contribution >= 0.6 is 0 Å². The molecule has 2 N–H and O–H groups in total. The first-order chi connectivity index (χ1) is 13.7. The smallest absolute Gasteiger partial charge is 0.233 e. The van der Waals surface area contributed by atoms with Crippen molar-refractivity contribution in [1.82, 2.24) is 10.6 Å². The molecule has 146 valence electrons. The molecule has 0 aliphatic carbocycles. The van der Waals surface area contributed by atoms with Crippen molar-refractivity contribution in [1.29, 1.82) is 0 Å². The van der Waals surface area contributed by atoms with Crippen LogP contribution in [-0.2, 0) is 4.79 Å². The minimum absolute atomic E-state index is 0.0187. The van der Waals surface area contributed by atoms with E-state index >= 15 is 0 Å². The number of carbonyl (C=O) groups is 1. The van der Waals surface area contributed by atoms with E-state index in [4.69, 9.17) is 4.42 Å². The molecule has 0 radical (unpaired) electrons. The molecular formula is C23H27N3O2. The predicted molar refractivity (Wildman–Crippen MR) is 112 cm³/mol. The number of benzene rings is 2. The van der Waals surface area contributed by atoms with E-state index < -0.39 is 0 Å². The summed E-state index contributed by atoms with van der Waals surface area (Å²) in [5.41, 5.74) is 2.24. The highest BCUT2D eigenvalue weighted by molar-refractivity contribution is 5.78. The van der Waals surface area contributed by atoms with Crippen molar-refractivity contribution in [3.8, 4) is 0 Å². The molecule has 5 nitrogen and oxygen atoms in total. The highest BCUT2D eigenvalue weighted by Gasteiger charge is 2.17. The molecule has 1 aromatic heterocycles. The molecule has 5 heteroatoms. The minimum atomic E-state index is -0.147. The van der Waals surface area contributed by atoms with Gasteiger partial charge in [-0.25, -0.2) is 0 Å². The standard InChI is InChI=1S/C23H27N3O2/c1-26(20-12-6-3-7-13-20)16-9-15-24-22(27)18-25-23(21-14-8-17-28-21)19-10-4-2-5-11-19/h2-8,10-14,17,23,25H,9,15-16,18H2,1H3,(H,24,27)/t23-/m1/s1. The summed E-state index contributed by atoms with van der Waals surface area (Å²) in [6, 6.07) is 23.9. The van der Waals surface area contributed by atoms with Crippen molar-refractivity contribution in [3.05, 3.63) is 90.4 Å². The average Bonchev–Trinajstić information content (AvgIpc) is 3.27. The van der Waals surface area contributed by atoms with Crippen LogP contribution in [0.1, 0.15) is 23.8 Å². The molecule has 0 saturated carbocycles. The molecule has 3 rings (SSSR count). The Labute approximate surface area is 166 Å². The van der Waals surface area contributed by atoms with Gasteiger partial charge in [-0.3, -0.25) is 10.1 Å². The van der Waals surface area contributed by atoms with E-state index in [2.05, 4.69) is 34.7 Å². The zero-order chi connectivity index (χ0) is 19.6. The Bertz CT molecular complexity index is 820. The van der Waals surface area contributed by atoms with Gasteiger partial charge in [0.05, 0.1) is 18.8 Å². The Morgan fingerprint density at radius 3 is 2.39 bits per heavy atom. The number of para-hydroxylation sites is 1. The van der Waals surface area contributed by atoms with Gasteiger partial charge in [0.15, 0.2) is 0 Å². The van der Waals surface area contributed by atoms with Gasteiger partial charge in [-0.15, -0.1) is 0 Å². The number of rotatable bonds is 10. The molecular weight excluding hydrogens is 350 g/mol. The van der Waals surface area contributed by atoms with Crippen LogP contribution in [-0.4, -0.2) is 32.6 Å². The third-order valence-electron chi connectivity index (χ3n) is 4.62. The highest BCUT2D eigenvalue weighted by atomic mass is 16.3. The maximum Gasteiger partial charge on any atom is 0.233 e. The molecule has 0 fully saturated rings. The molecule has 3 aromatic rings. The quantitative estimate of drug-likeness (QED) is 0.530. The van der Waals surface area contributed by atoms with Gasteiger partial charge in [0.25, 0.3) is 0 Å². The molecule has 2 aromatic carbocycles. The van der Waals surface area contributed by atoms with Crippen LogP contribution < -0.4 is 15.5 Å². The predicted octanol–water partition coefficient (Wildman–Crippen LogP) is 3.60. The van der Waals surface area contributed by atoms with Crippen LogP contribution in [0.4, 0.5) is 5.69 Å². The topological polar surface area (TPSA) is 57.5 Å². The molecule has 0 aliphatic heterocycles. The Morgan fingerprint density at radius 1 is 1.00 bits per heavy atom. The van der Waals surface area contributed by atoms with Gasteiger partial charge in [0.1, 0.15) is 5.76 Å². The van der Waals surface area contributed by atoms with Crippen LogP contribution in [0.3, 0.4) is 0 Å². The Morgan fingerprint density at radius 2 is 1.71 bits per heavy atom. The molecule has 0 saturated heterocycles. The van der Waals surface area contributed by atoms with Gasteiger partial charge < -0.3 is 14.6 Å². The van der Waals surface area contributed by atoms with Gasteiger partial charge in [-0.05, 0) is 36.2 Å². The van der Waals surface area contributed by atoms with Crippen molar-refractivity contribution in [2.45, 2.75) is 12.5 Å². The number of carbonyl (C=O) groups excluding carboxylic acids is 1. The lowest BCUT2D eigenvalue weighted by molar-refractivity contribution is -0.120. The summed E-state index contributed by atoms with van der Waals surface area (Å²) in [4.78, 5) is 14.4. The zero-order valence-corrected chi connectivity index (χ0v) is 16.2. The minimum Gasteiger partial charge on any atom is -0.467 e. The van der Waals surface area contributed by atoms with Gasteiger partial charge in [0.2, 0.25) is 5.91 Å². The molecule has 0 spiro atoms. The largest absolute Gasteiger partial charge is 0.467 e.